The summed E-state index contributed by atoms with van der Waals surface area (Å²) in [6.07, 6.45) is 1.23. The summed E-state index contributed by atoms with van der Waals surface area (Å²) in [6, 6.07) is 15.5. The summed E-state index contributed by atoms with van der Waals surface area (Å²) in [4.78, 5) is 28.2. The number of hydrogen-bond acceptors (Lipinski definition) is 4. The predicted molar refractivity (Wildman–Crippen MR) is 150 cm³/mol. The second-order valence-electron chi connectivity index (χ2n) is 9.03. The zero-order valence-electron chi connectivity index (χ0n) is 20.7. The molecule has 0 saturated carbocycles. The van der Waals surface area contributed by atoms with Crippen molar-refractivity contribution in [2.45, 2.75) is 37.6 Å². The van der Waals surface area contributed by atoms with Crippen molar-refractivity contribution in [3.05, 3.63) is 86.8 Å². The molecule has 1 aliphatic rings. The number of aryl methyl sites for hydroxylation is 2. The van der Waals surface area contributed by atoms with E-state index in [2.05, 4.69) is 21.2 Å². The molecule has 3 aromatic carbocycles. The van der Waals surface area contributed by atoms with Crippen LogP contribution in [0.5, 0.6) is 0 Å². The van der Waals surface area contributed by atoms with Gasteiger partial charge in [-0.05, 0) is 86.3 Å². The minimum atomic E-state index is -3.95. The number of carbonyl (C=O) groups is 2. The number of sulfonamides is 1. The van der Waals surface area contributed by atoms with Crippen molar-refractivity contribution in [3.8, 4) is 0 Å². The molecule has 4 rings (SSSR count). The minimum absolute atomic E-state index is 0.0414. The summed E-state index contributed by atoms with van der Waals surface area (Å²) in [6.45, 7) is 4.47. The van der Waals surface area contributed by atoms with E-state index in [1.807, 2.05) is 26.0 Å². The monoisotopic (exact) mass is 603 g/mol. The van der Waals surface area contributed by atoms with Gasteiger partial charge in [0.05, 0.1) is 10.6 Å². The summed E-state index contributed by atoms with van der Waals surface area (Å²) in [7, 11) is -2.53. The van der Waals surface area contributed by atoms with Crippen LogP contribution in [0, 0.1) is 13.8 Å². The third-order valence-electron chi connectivity index (χ3n) is 6.40. The Hall–Kier alpha value is -2.88. The van der Waals surface area contributed by atoms with Gasteiger partial charge in [0.15, 0.2) is 0 Å². The lowest BCUT2D eigenvalue weighted by molar-refractivity contribution is -0.121. The molecule has 0 spiro atoms. The highest BCUT2D eigenvalue weighted by Crippen LogP contribution is 2.31. The van der Waals surface area contributed by atoms with Crippen LogP contribution in [0.3, 0.4) is 0 Å². The van der Waals surface area contributed by atoms with Crippen LogP contribution in [0.25, 0.3) is 0 Å². The van der Waals surface area contributed by atoms with E-state index >= 15 is 0 Å². The summed E-state index contributed by atoms with van der Waals surface area (Å²) in [5.41, 5.74) is 3.34. The quantitative estimate of drug-likeness (QED) is 0.404. The molecule has 1 fully saturated rings. The molecule has 1 unspecified atom stereocenters. The maximum atomic E-state index is 13.4. The molecule has 0 radical (unpaired) electrons. The highest BCUT2D eigenvalue weighted by Gasteiger charge is 2.33. The number of benzene rings is 3. The lowest BCUT2D eigenvalue weighted by Crippen LogP contribution is -2.52. The average Bonchev–Trinajstić information content (AvgIpc) is 2.85. The van der Waals surface area contributed by atoms with Gasteiger partial charge in [-0.1, -0.05) is 39.7 Å². The molecule has 7 nitrogen and oxygen atoms in total. The van der Waals surface area contributed by atoms with Crippen molar-refractivity contribution < 1.29 is 18.0 Å². The van der Waals surface area contributed by atoms with E-state index < -0.39 is 22.0 Å². The summed E-state index contributed by atoms with van der Waals surface area (Å²) in [5.74, 6) is -0.690. The molecular formula is C27H27BrClN3O4S. The summed E-state index contributed by atoms with van der Waals surface area (Å²) < 4.78 is 28.5. The molecule has 194 valence electrons. The molecule has 1 heterocycles. The number of hydrogen-bond donors (Lipinski definition) is 1. The second kappa shape index (κ2) is 10.8. The van der Waals surface area contributed by atoms with E-state index in [0.717, 1.165) is 32.0 Å². The van der Waals surface area contributed by atoms with Gasteiger partial charge in [-0.15, -0.1) is 0 Å². The molecule has 37 heavy (non-hydrogen) atoms. The van der Waals surface area contributed by atoms with Gasteiger partial charge in [-0.3, -0.25) is 13.9 Å². The zero-order chi connectivity index (χ0) is 26.9. The number of anilines is 2. The van der Waals surface area contributed by atoms with Crippen LogP contribution in [0.1, 0.15) is 34.3 Å². The van der Waals surface area contributed by atoms with E-state index in [1.165, 1.54) is 31.3 Å². The molecule has 2 amide bonds. The topological polar surface area (TPSA) is 86.8 Å². The SMILES string of the molecule is Cc1cc(Br)cc(C)c1N1CCCC(NC(=O)c2cccc(S(=O)(=O)N(C)c3cccc(Cl)c3)c2)C1=O. The first-order valence-electron chi connectivity index (χ1n) is 11.7. The van der Waals surface area contributed by atoms with Crippen LogP contribution >= 0.6 is 27.5 Å². The molecule has 1 saturated heterocycles. The average molecular weight is 605 g/mol. The van der Waals surface area contributed by atoms with Gasteiger partial charge in [0.2, 0.25) is 5.91 Å². The van der Waals surface area contributed by atoms with Crippen molar-refractivity contribution in [2.75, 3.05) is 22.8 Å². The zero-order valence-corrected chi connectivity index (χ0v) is 23.8. The van der Waals surface area contributed by atoms with Crippen molar-refractivity contribution in [2.24, 2.45) is 0 Å². The van der Waals surface area contributed by atoms with E-state index in [0.29, 0.717) is 23.7 Å². The van der Waals surface area contributed by atoms with Crippen molar-refractivity contribution >= 4 is 60.7 Å². The van der Waals surface area contributed by atoms with E-state index in [4.69, 9.17) is 11.6 Å². The Morgan fingerprint density at radius 3 is 2.43 bits per heavy atom. The number of halogens is 2. The summed E-state index contributed by atoms with van der Waals surface area (Å²) >= 11 is 9.51. The smallest absolute Gasteiger partial charge is 0.264 e. The van der Waals surface area contributed by atoms with Gasteiger partial charge in [-0.2, -0.15) is 0 Å². The lowest BCUT2D eigenvalue weighted by Gasteiger charge is -2.34. The third-order valence-corrected chi connectivity index (χ3v) is 8.87. The van der Waals surface area contributed by atoms with Gasteiger partial charge in [0, 0.05) is 34.3 Å². The molecule has 3 aromatic rings. The third kappa shape index (κ3) is 5.68. The fourth-order valence-corrected chi connectivity index (χ4v) is 6.67. The first kappa shape index (κ1) is 27.2. The van der Waals surface area contributed by atoms with Gasteiger partial charge in [0.1, 0.15) is 6.04 Å². The summed E-state index contributed by atoms with van der Waals surface area (Å²) in [5, 5.41) is 3.23. The number of amides is 2. The Morgan fingerprint density at radius 1 is 1.08 bits per heavy atom. The van der Waals surface area contributed by atoms with E-state index in [9.17, 15) is 18.0 Å². The fourth-order valence-electron chi connectivity index (χ4n) is 4.57. The maximum absolute atomic E-state index is 13.4. The molecule has 0 aliphatic carbocycles. The van der Waals surface area contributed by atoms with Gasteiger partial charge >= 0.3 is 0 Å². The van der Waals surface area contributed by atoms with Crippen molar-refractivity contribution in [1.82, 2.24) is 5.32 Å². The lowest BCUT2D eigenvalue weighted by atomic mass is 10.00. The van der Waals surface area contributed by atoms with Crippen LogP contribution < -0.4 is 14.5 Å². The Labute approximate surface area is 230 Å². The molecule has 1 N–H and O–H groups in total. The van der Waals surface area contributed by atoms with E-state index in [1.54, 1.807) is 29.2 Å². The molecule has 10 heteroatoms. The minimum Gasteiger partial charge on any atom is -0.340 e. The molecule has 0 bridgehead atoms. The van der Waals surface area contributed by atoms with Crippen LogP contribution in [0.15, 0.2) is 70.0 Å². The Balaban J connectivity index is 1.54. The number of carbonyl (C=O) groups excluding carboxylic acids is 2. The number of nitrogens with zero attached hydrogens (tertiary/aromatic N) is 2. The Kier molecular flexibility index (Phi) is 7.96. The second-order valence-corrected chi connectivity index (χ2v) is 12.3. The highest BCUT2D eigenvalue weighted by molar-refractivity contribution is 9.10. The van der Waals surface area contributed by atoms with Crippen LogP contribution in [-0.2, 0) is 14.8 Å². The van der Waals surface area contributed by atoms with E-state index in [-0.39, 0.29) is 16.4 Å². The fraction of sp³-hybridized carbons (Fsp3) is 0.259. The Morgan fingerprint density at radius 2 is 1.76 bits per heavy atom. The first-order valence-corrected chi connectivity index (χ1v) is 14.3. The number of nitrogens with one attached hydrogen (secondary N) is 1. The molecular weight excluding hydrogens is 578 g/mol. The Bertz CT molecular complexity index is 1450. The highest BCUT2D eigenvalue weighted by atomic mass is 79.9. The number of rotatable bonds is 6. The largest absolute Gasteiger partial charge is 0.340 e. The van der Waals surface area contributed by atoms with Crippen molar-refractivity contribution in [3.63, 3.8) is 0 Å². The van der Waals surface area contributed by atoms with Gasteiger partial charge in [-0.25, -0.2) is 8.42 Å². The van der Waals surface area contributed by atoms with Crippen LogP contribution in [0.4, 0.5) is 11.4 Å². The van der Waals surface area contributed by atoms with Crippen molar-refractivity contribution in [1.29, 1.82) is 0 Å². The van der Waals surface area contributed by atoms with Crippen LogP contribution in [-0.4, -0.2) is 39.9 Å². The molecule has 0 aromatic heterocycles. The normalized spacial score (nSPS) is 16.0. The predicted octanol–water partition coefficient (Wildman–Crippen LogP) is 5.47. The van der Waals surface area contributed by atoms with Gasteiger partial charge < -0.3 is 10.2 Å². The van der Waals surface area contributed by atoms with Crippen LogP contribution in [0.2, 0.25) is 5.02 Å². The number of piperidine rings is 1. The molecule has 1 atom stereocenters. The standard InChI is InChI=1S/C27H27BrClN3O4S/c1-17-13-20(28)14-18(2)25(17)32-12-6-11-24(27(32)34)30-26(33)19-7-4-10-23(15-19)37(35,36)31(3)22-9-5-8-21(29)16-22/h4-5,7-10,13-16,24H,6,11-12H2,1-3H3,(H,30,33). The maximum Gasteiger partial charge on any atom is 0.264 e. The van der Waals surface area contributed by atoms with Gasteiger partial charge in [0.25, 0.3) is 15.9 Å². The molecule has 1 aliphatic heterocycles. The first-order chi connectivity index (χ1) is 17.5.